The number of thiophene rings is 1. The fourth-order valence-corrected chi connectivity index (χ4v) is 6.59. The molecular formula is C23H21ClN2O6S2. The predicted molar refractivity (Wildman–Crippen MR) is 129 cm³/mol. The lowest BCUT2D eigenvalue weighted by Crippen LogP contribution is -2.44. The Labute approximate surface area is 205 Å². The van der Waals surface area contributed by atoms with Crippen LogP contribution >= 0.6 is 22.9 Å². The first-order valence-electron chi connectivity index (χ1n) is 10.3. The average molecular weight is 521 g/mol. The van der Waals surface area contributed by atoms with Crippen LogP contribution in [0.25, 0.3) is 10.4 Å². The Morgan fingerprint density at radius 1 is 1.12 bits per heavy atom. The third-order valence-electron chi connectivity index (χ3n) is 5.58. The minimum absolute atomic E-state index is 0.000793. The summed E-state index contributed by atoms with van der Waals surface area (Å²) in [5, 5.41) is 21.9. The number of hydrogen-bond acceptors (Lipinski definition) is 6. The van der Waals surface area contributed by atoms with Crippen molar-refractivity contribution < 1.29 is 28.2 Å². The molecule has 0 radical (unpaired) electrons. The van der Waals surface area contributed by atoms with Gasteiger partial charge in [0.05, 0.1) is 6.61 Å². The number of rotatable bonds is 9. The van der Waals surface area contributed by atoms with Gasteiger partial charge in [-0.25, -0.2) is 8.42 Å². The van der Waals surface area contributed by atoms with E-state index in [0.717, 1.165) is 16.9 Å². The fraction of sp³-hybridized carbons (Fsp3) is 0.217. The summed E-state index contributed by atoms with van der Waals surface area (Å²) in [6.45, 7) is -0.120. The van der Waals surface area contributed by atoms with E-state index in [4.69, 9.17) is 16.7 Å². The predicted octanol–water partition coefficient (Wildman–Crippen LogP) is 3.08. The van der Waals surface area contributed by atoms with Crippen molar-refractivity contribution in [1.82, 2.24) is 10.0 Å². The van der Waals surface area contributed by atoms with Gasteiger partial charge >= 0.3 is 5.97 Å². The summed E-state index contributed by atoms with van der Waals surface area (Å²) < 4.78 is 28.6. The third kappa shape index (κ3) is 4.86. The van der Waals surface area contributed by atoms with Crippen LogP contribution in [0.2, 0.25) is 5.02 Å². The Balaban J connectivity index is 1.56. The highest BCUT2D eigenvalue weighted by Crippen LogP contribution is 2.52. The first-order chi connectivity index (χ1) is 16.2. The average Bonchev–Trinajstić information content (AvgIpc) is 3.31. The lowest BCUT2D eigenvalue weighted by Gasteiger charge is -2.15. The minimum Gasteiger partial charge on any atom is -0.480 e. The Hall–Kier alpha value is -2.76. The van der Waals surface area contributed by atoms with Gasteiger partial charge < -0.3 is 15.5 Å². The number of carbonyl (C=O) groups is 2. The molecule has 2 atom stereocenters. The standard InChI is InChI=1S/C23H21ClN2O6S2/c24-17-6-4-14(5-7-17)19-8-9-20(33-19)34(31,32)26-23(22(29)30)13-18(23)15-2-1-3-16(12-15)21(28)25-10-11-27/h1-9,12,18,26-27H,10-11,13H2,(H,25,28)(H,29,30). The summed E-state index contributed by atoms with van der Waals surface area (Å²) in [4.78, 5) is 25.0. The zero-order valence-corrected chi connectivity index (χ0v) is 20.1. The first kappa shape index (κ1) is 24.4. The van der Waals surface area contributed by atoms with Crippen molar-refractivity contribution in [1.29, 1.82) is 0 Å². The molecule has 1 fully saturated rings. The normalized spacial score (nSPS) is 19.5. The van der Waals surface area contributed by atoms with Gasteiger partial charge in [0.25, 0.3) is 15.9 Å². The number of halogens is 1. The van der Waals surface area contributed by atoms with Gasteiger partial charge in [-0.05, 0) is 53.9 Å². The highest BCUT2D eigenvalue weighted by atomic mass is 35.5. The van der Waals surface area contributed by atoms with E-state index in [1.807, 2.05) is 0 Å². The summed E-state index contributed by atoms with van der Waals surface area (Å²) in [6.07, 6.45) is 0.0543. The number of amides is 1. The molecule has 1 aromatic heterocycles. The van der Waals surface area contributed by atoms with E-state index in [-0.39, 0.29) is 23.8 Å². The molecule has 1 heterocycles. The summed E-state index contributed by atoms with van der Waals surface area (Å²) in [5.41, 5.74) is -0.0752. The largest absolute Gasteiger partial charge is 0.480 e. The fourth-order valence-electron chi connectivity index (χ4n) is 3.75. The molecule has 2 aromatic carbocycles. The second-order valence-electron chi connectivity index (χ2n) is 7.87. The van der Waals surface area contributed by atoms with Gasteiger partial charge in [0.2, 0.25) is 0 Å². The van der Waals surface area contributed by atoms with Gasteiger partial charge in [-0.15, -0.1) is 11.3 Å². The monoisotopic (exact) mass is 520 g/mol. The van der Waals surface area contributed by atoms with Crippen LogP contribution < -0.4 is 10.0 Å². The molecule has 4 rings (SSSR count). The van der Waals surface area contributed by atoms with Gasteiger partial charge in [-0.1, -0.05) is 35.9 Å². The summed E-state index contributed by atoms with van der Waals surface area (Å²) in [5.74, 6) is -2.34. The molecule has 1 saturated carbocycles. The molecule has 0 spiro atoms. The number of aliphatic carboxylic acids is 1. The molecule has 178 valence electrons. The second-order valence-corrected chi connectivity index (χ2v) is 11.3. The van der Waals surface area contributed by atoms with Crippen LogP contribution in [0.3, 0.4) is 0 Å². The van der Waals surface area contributed by atoms with E-state index >= 15 is 0 Å². The maximum atomic E-state index is 13.1. The molecular weight excluding hydrogens is 500 g/mol. The summed E-state index contributed by atoms with van der Waals surface area (Å²) in [6, 6.07) is 16.4. The number of carboxylic acids is 1. The quantitative estimate of drug-likeness (QED) is 0.343. The number of nitrogens with one attached hydrogen (secondary N) is 2. The topological polar surface area (TPSA) is 133 Å². The third-order valence-corrected chi connectivity index (χ3v) is 8.97. The van der Waals surface area contributed by atoms with Crippen LogP contribution in [0, 0.1) is 0 Å². The van der Waals surface area contributed by atoms with Gasteiger partial charge in [0.15, 0.2) is 0 Å². The molecule has 11 heteroatoms. The minimum atomic E-state index is -4.12. The molecule has 0 saturated heterocycles. The zero-order chi connectivity index (χ0) is 24.5. The molecule has 1 aliphatic carbocycles. The van der Waals surface area contributed by atoms with Gasteiger partial charge in [-0.2, -0.15) is 4.72 Å². The SMILES string of the molecule is O=C(NCCO)c1cccc(C2CC2(NS(=O)(=O)c2ccc(-c3ccc(Cl)cc3)s2)C(=O)O)c1. The Bertz CT molecular complexity index is 1340. The number of aliphatic hydroxyl groups is 1. The number of carbonyl (C=O) groups excluding carboxylic acids is 1. The molecule has 3 aromatic rings. The van der Waals surface area contributed by atoms with Gasteiger partial charge in [0, 0.05) is 27.9 Å². The van der Waals surface area contributed by atoms with Crippen LogP contribution in [-0.4, -0.2) is 49.2 Å². The highest BCUT2D eigenvalue weighted by molar-refractivity contribution is 7.91. The molecule has 0 bridgehead atoms. The molecule has 1 amide bonds. The van der Waals surface area contributed by atoms with Crippen molar-refractivity contribution in [3.63, 3.8) is 0 Å². The van der Waals surface area contributed by atoms with E-state index in [9.17, 15) is 23.1 Å². The van der Waals surface area contributed by atoms with E-state index in [1.165, 1.54) is 6.07 Å². The van der Waals surface area contributed by atoms with Crippen molar-refractivity contribution >= 4 is 44.8 Å². The lowest BCUT2D eigenvalue weighted by molar-refractivity contribution is -0.140. The van der Waals surface area contributed by atoms with Crippen molar-refractivity contribution in [3.05, 3.63) is 76.8 Å². The van der Waals surface area contributed by atoms with Crippen molar-refractivity contribution in [2.24, 2.45) is 0 Å². The van der Waals surface area contributed by atoms with Crippen LogP contribution in [-0.2, 0) is 14.8 Å². The smallest absolute Gasteiger partial charge is 0.325 e. The Kier molecular flexibility index (Phi) is 6.79. The van der Waals surface area contributed by atoms with E-state index in [1.54, 1.807) is 54.6 Å². The number of sulfonamides is 1. The van der Waals surface area contributed by atoms with Crippen molar-refractivity contribution in [3.8, 4) is 10.4 Å². The molecule has 4 N–H and O–H groups in total. The lowest BCUT2D eigenvalue weighted by atomic mass is 10.0. The molecule has 34 heavy (non-hydrogen) atoms. The number of carboxylic acid groups (broad SMARTS) is 1. The van der Waals surface area contributed by atoms with Crippen LogP contribution in [0.5, 0.6) is 0 Å². The second kappa shape index (κ2) is 9.47. The summed E-state index contributed by atoms with van der Waals surface area (Å²) in [7, 11) is -4.12. The molecule has 0 aliphatic heterocycles. The highest BCUT2D eigenvalue weighted by Gasteiger charge is 2.63. The molecule has 1 aliphatic rings. The van der Waals surface area contributed by atoms with Crippen LogP contribution in [0.15, 0.2) is 64.9 Å². The number of aliphatic hydroxyl groups excluding tert-OH is 1. The van der Waals surface area contributed by atoms with E-state index in [2.05, 4.69) is 10.0 Å². The van der Waals surface area contributed by atoms with Gasteiger partial charge in [0.1, 0.15) is 9.75 Å². The van der Waals surface area contributed by atoms with E-state index in [0.29, 0.717) is 21.0 Å². The number of benzene rings is 2. The van der Waals surface area contributed by atoms with E-state index < -0.39 is 33.4 Å². The Morgan fingerprint density at radius 3 is 2.53 bits per heavy atom. The zero-order valence-electron chi connectivity index (χ0n) is 17.7. The Morgan fingerprint density at radius 2 is 1.85 bits per heavy atom. The van der Waals surface area contributed by atoms with Crippen molar-refractivity contribution in [2.75, 3.05) is 13.2 Å². The van der Waals surface area contributed by atoms with Gasteiger partial charge in [-0.3, -0.25) is 9.59 Å². The van der Waals surface area contributed by atoms with Crippen molar-refractivity contribution in [2.45, 2.75) is 22.1 Å². The maximum absolute atomic E-state index is 13.1. The van der Waals surface area contributed by atoms with Crippen LogP contribution in [0.4, 0.5) is 0 Å². The first-order valence-corrected chi connectivity index (χ1v) is 13.0. The molecule has 2 unspecified atom stereocenters. The number of hydrogen-bond donors (Lipinski definition) is 4. The van der Waals surface area contributed by atoms with Crippen LogP contribution in [0.1, 0.15) is 28.3 Å². The summed E-state index contributed by atoms with van der Waals surface area (Å²) >= 11 is 6.94. The maximum Gasteiger partial charge on any atom is 0.325 e. The molecule has 8 nitrogen and oxygen atoms in total.